The molecule has 6 heteroatoms. The van der Waals surface area contributed by atoms with Crippen molar-refractivity contribution in [3.05, 3.63) is 96.3 Å². The van der Waals surface area contributed by atoms with Crippen molar-refractivity contribution < 1.29 is 23.5 Å². The number of para-hydroxylation sites is 2. The Morgan fingerprint density at radius 2 is 1.27 bits per heavy atom. The van der Waals surface area contributed by atoms with Crippen molar-refractivity contribution in [1.29, 1.82) is 0 Å². The number of carbonyl (C=O) groups excluding carboxylic acids is 3. The fourth-order valence-corrected chi connectivity index (χ4v) is 2.85. The van der Waals surface area contributed by atoms with Crippen LogP contribution in [0.3, 0.4) is 0 Å². The van der Waals surface area contributed by atoms with Crippen LogP contribution >= 0.6 is 0 Å². The molecule has 0 aromatic heterocycles. The standard InChI is InChI=1S/C24H20FNO4/c25-19-13-11-18(12-14-19)22(27)17-30-24(29)16-15-23(28)26(20-7-3-1-4-8-20)21-9-5-2-6-10-21/h1-14H,15-17H2. The van der Waals surface area contributed by atoms with E-state index in [1.807, 2.05) is 60.7 Å². The van der Waals surface area contributed by atoms with Gasteiger partial charge in [0.25, 0.3) is 0 Å². The summed E-state index contributed by atoms with van der Waals surface area (Å²) in [6.45, 7) is -0.459. The third kappa shape index (κ3) is 5.61. The molecule has 3 rings (SSSR count). The zero-order valence-corrected chi connectivity index (χ0v) is 16.2. The minimum absolute atomic E-state index is 0.0760. The predicted molar refractivity (Wildman–Crippen MR) is 111 cm³/mol. The second kappa shape index (κ2) is 10.1. The molecule has 0 atom stereocenters. The molecule has 0 fully saturated rings. The van der Waals surface area contributed by atoms with E-state index in [1.54, 1.807) is 0 Å². The van der Waals surface area contributed by atoms with Crippen LogP contribution in [0.4, 0.5) is 15.8 Å². The number of halogens is 1. The van der Waals surface area contributed by atoms with Gasteiger partial charge in [-0.1, -0.05) is 36.4 Å². The average molecular weight is 405 g/mol. The Bertz CT molecular complexity index is 965. The van der Waals surface area contributed by atoms with Gasteiger partial charge in [0, 0.05) is 23.4 Å². The molecule has 0 radical (unpaired) electrons. The summed E-state index contributed by atoms with van der Waals surface area (Å²) in [4.78, 5) is 38.4. The van der Waals surface area contributed by atoms with Gasteiger partial charge in [-0.25, -0.2) is 4.39 Å². The van der Waals surface area contributed by atoms with Crippen molar-refractivity contribution in [3.8, 4) is 0 Å². The molecule has 0 aliphatic rings. The molecule has 0 aliphatic carbocycles. The molecular weight excluding hydrogens is 385 g/mol. The fraction of sp³-hybridized carbons (Fsp3) is 0.125. The lowest BCUT2D eigenvalue weighted by Gasteiger charge is -2.23. The summed E-state index contributed by atoms with van der Waals surface area (Å²) in [6.07, 6.45) is -0.237. The smallest absolute Gasteiger partial charge is 0.306 e. The highest BCUT2D eigenvalue weighted by molar-refractivity contribution is 6.01. The van der Waals surface area contributed by atoms with Crippen LogP contribution in [0.5, 0.6) is 0 Å². The number of benzene rings is 3. The first-order valence-electron chi connectivity index (χ1n) is 9.42. The lowest BCUT2D eigenvalue weighted by atomic mass is 10.1. The van der Waals surface area contributed by atoms with Crippen LogP contribution in [0, 0.1) is 5.82 Å². The molecule has 30 heavy (non-hydrogen) atoms. The van der Waals surface area contributed by atoms with Gasteiger partial charge in [0.05, 0.1) is 6.42 Å². The number of ketones is 1. The van der Waals surface area contributed by atoms with Crippen LogP contribution in [0.1, 0.15) is 23.2 Å². The van der Waals surface area contributed by atoms with Gasteiger partial charge in [-0.15, -0.1) is 0 Å². The van der Waals surface area contributed by atoms with Crippen LogP contribution in [0.25, 0.3) is 0 Å². The number of ether oxygens (including phenoxy) is 1. The van der Waals surface area contributed by atoms with Gasteiger partial charge < -0.3 is 4.74 Å². The van der Waals surface area contributed by atoms with E-state index in [0.29, 0.717) is 11.4 Å². The summed E-state index contributed by atoms with van der Waals surface area (Å²) in [7, 11) is 0. The van der Waals surface area contributed by atoms with E-state index in [2.05, 4.69) is 0 Å². The van der Waals surface area contributed by atoms with Crippen molar-refractivity contribution in [2.24, 2.45) is 0 Å². The molecule has 0 saturated carbocycles. The van der Waals surface area contributed by atoms with Gasteiger partial charge in [-0.3, -0.25) is 19.3 Å². The van der Waals surface area contributed by atoms with Crippen LogP contribution in [0.15, 0.2) is 84.9 Å². The van der Waals surface area contributed by atoms with Crippen molar-refractivity contribution in [2.45, 2.75) is 12.8 Å². The molecule has 0 unspecified atom stereocenters. The molecule has 0 N–H and O–H groups in total. The summed E-state index contributed by atoms with van der Waals surface area (Å²) in [5.74, 6) is -1.82. The second-order valence-electron chi connectivity index (χ2n) is 6.49. The number of esters is 1. The zero-order chi connectivity index (χ0) is 21.3. The fourth-order valence-electron chi connectivity index (χ4n) is 2.85. The SMILES string of the molecule is O=C(CCC(=O)N(c1ccccc1)c1ccccc1)OCC(=O)c1ccc(F)cc1. The molecule has 0 spiro atoms. The van der Waals surface area contributed by atoms with Gasteiger partial charge in [0.1, 0.15) is 5.82 Å². The zero-order valence-electron chi connectivity index (χ0n) is 16.2. The average Bonchev–Trinajstić information content (AvgIpc) is 2.78. The number of rotatable bonds is 8. The summed E-state index contributed by atoms with van der Waals surface area (Å²) >= 11 is 0. The molecule has 3 aromatic carbocycles. The van der Waals surface area contributed by atoms with Gasteiger partial charge in [0.2, 0.25) is 5.91 Å². The first kappa shape index (κ1) is 20.9. The maximum absolute atomic E-state index is 12.9. The maximum Gasteiger partial charge on any atom is 0.306 e. The summed E-state index contributed by atoms with van der Waals surface area (Å²) in [5.41, 5.74) is 1.63. The molecule has 0 saturated heterocycles. The van der Waals surface area contributed by atoms with Gasteiger partial charge in [-0.05, 0) is 48.5 Å². The molecule has 3 aromatic rings. The van der Waals surface area contributed by atoms with Gasteiger partial charge in [0.15, 0.2) is 12.4 Å². The highest BCUT2D eigenvalue weighted by atomic mass is 19.1. The van der Waals surface area contributed by atoms with E-state index in [4.69, 9.17) is 4.74 Å². The van der Waals surface area contributed by atoms with E-state index in [9.17, 15) is 18.8 Å². The van der Waals surface area contributed by atoms with Crippen LogP contribution in [-0.2, 0) is 14.3 Å². The van der Waals surface area contributed by atoms with E-state index in [1.165, 1.54) is 17.0 Å². The van der Waals surface area contributed by atoms with Crippen molar-refractivity contribution >= 4 is 29.0 Å². The first-order valence-corrected chi connectivity index (χ1v) is 9.42. The molecule has 0 heterocycles. The number of carbonyl (C=O) groups is 3. The number of amides is 1. The molecular formula is C24H20FNO4. The molecule has 0 aliphatic heterocycles. The summed E-state index contributed by atoms with van der Waals surface area (Å²) in [6, 6.07) is 23.2. The van der Waals surface area contributed by atoms with Crippen molar-refractivity contribution in [3.63, 3.8) is 0 Å². The minimum Gasteiger partial charge on any atom is -0.457 e. The predicted octanol–water partition coefficient (Wildman–Crippen LogP) is 4.70. The number of Topliss-reactive ketones (excluding diaryl/α,β-unsaturated/α-hetero) is 1. The lowest BCUT2D eigenvalue weighted by molar-refractivity contribution is -0.143. The van der Waals surface area contributed by atoms with E-state index in [0.717, 1.165) is 12.1 Å². The quantitative estimate of drug-likeness (QED) is 0.403. The summed E-state index contributed by atoms with van der Waals surface area (Å²) in [5, 5.41) is 0. The normalized spacial score (nSPS) is 10.3. The summed E-state index contributed by atoms with van der Waals surface area (Å²) < 4.78 is 17.9. The first-order chi connectivity index (χ1) is 14.5. The largest absolute Gasteiger partial charge is 0.457 e. The number of anilines is 2. The van der Waals surface area contributed by atoms with Crippen molar-refractivity contribution in [1.82, 2.24) is 0 Å². The Labute approximate surface area is 173 Å². The number of hydrogen-bond acceptors (Lipinski definition) is 4. The van der Waals surface area contributed by atoms with Crippen LogP contribution < -0.4 is 4.90 Å². The third-order valence-corrected chi connectivity index (χ3v) is 4.35. The Kier molecular flexibility index (Phi) is 7.05. The molecule has 0 bridgehead atoms. The highest BCUT2D eigenvalue weighted by Gasteiger charge is 2.19. The Morgan fingerprint density at radius 1 is 0.733 bits per heavy atom. The Hall–Kier alpha value is -3.80. The second-order valence-corrected chi connectivity index (χ2v) is 6.49. The van der Waals surface area contributed by atoms with E-state index < -0.39 is 24.2 Å². The molecule has 152 valence electrons. The third-order valence-electron chi connectivity index (χ3n) is 4.35. The topological polar surface area (TPSA) is 63.7 Å². The van der Waals surface area contributed by atoms with Crippen LogP contribution in [-0.4, -0.2) is 24.3 Å². The van der Waals surface area contributed by atoms with Crippen molar-refractivity contribution in [2.75, 3.05) is 11.5 Å². The molecule has 5 nitrogen and oxygen atoms in total. The van der Waals surface area contributed by atoms with E-state index >= 15 is 0 Å². The highest BCUT2D eigenvalue weighted by Crippen LogP contribution is 2.26. The maximum atomic E-state index is 12.9. The minimum atomic E-state index is -0.653. The lowest BCUT2D eigenvalue weighted by Crippen LogP contribution is -2.26. The number of hydrogen-bond donors (Lipinski definition) is 0. The van der Waals surface area contributed by atoms with E-state index in [-0.39, 0.29) is 24.3 Å². The monoisotopic (exact) mass is 405 g/mol. The molecule has 1 amide bonds. The van der Waals surface area contributed by atoms with Crippen LogP contribution in [0.2, 0.25) is 0 Å². The number of nitrogens with zero attached hydrogens (tertiary/aromatic N) is 1. The van der Waals surface area contributed by atoms with Gasteiger partial charge in [-0.2, -0.15) is 0 Å². The van der Waals surface area contributed by atoms with Gasteiger partial charge >= 0.3 is 5.97 Å². The Balaban J connectivity index is 1.58. The Morgan fingerprint density at radius 3 is 1.80 bits per heavy atom.